The molecule has 6 heteroatoms. The number of rotatable bonds is 6. The average Bonchev–Trinajstić information content (AvgIpc) is 3.32. The number of ether oxygens (including phenoxy) is 2. The topological polar surface area (TPSA) is 56.6 Å². The van der Waals surface area contributed by atoms with Gasteiger partial charge < -0.3 is 14.4 Å². The normalized spacial score (nSPS) is 14.8. The Morgan fingerprint density at radius 3 is 2.69 bits per heavy atom. The van der Waals surface area contributed by atoms with E-state index in [4.69, 9.17) is 9.47 Å². The highest BCUT2D eigenvalue weighted by molar-refractivity contribution is 5.95. The van der Waals surface area contributed by atoms with Crippen LogP contribution in [-0.4, -0.2) is 33.9 Å². The molecule has 0 unspecified atom stereocenters. The molecule has 6 nitrogen and oxygen atoms in total. The van der Waals surface area contributed by atoms with E-state index in [0.29, 0.717) is 24.6 Å². The second-order valence-corrected chi connectivity index (χ2v) is 7.47. The Kier molecular flexibility index (Phi) is 4.46. The van der Waals surface area contributed by atoms with Crippen LogP contribution in [-0.2, 0) is 6.54 Å². The van der Waals surface area contributed by atoms with Crippen molar-refractivity contribution >= 4 is 5.91 Å². The highest BCUT2D eigenvalue weighted by atomic mass is 16.7. The van der Waals surface area contributed by atoms with Crippen LogP contribution < -0.4 is 9.47 Å². The van der Waals surface area contributed by atoms with Crippen LogP contribution in [0.15, 0.2) is 54.7 Å². The van der Waals surface area contributed by atoms with Crippen molar-refractivity contribution in [1.29, 1.82) is 0 Å². The Labute approximate surface area is 169 Å². The van der Waals surface area contributed by atoms with E-state index in [1.807, 2.05) is 65.0 Å². The van der Waals surface area contributed by atoms with Crippen LogP contribution in [0.5, 0.6) is 11.5 Å². The second-order valence-electron chi connectivity index (χ2n) is 7.47. The first kappa shape index (κ1) is 17.8. The second kappa shape index (κ2) is 7.28. The maximum Gasteiger partial charge on any atom is 0.257 e. The van der Waals surface area contributed by atoms with E-state index in [1.165, 1.54) is 0 Å². The summed E-state index contributed by atoms with van der Waals surface area (Å²) in [5.41, 5.74) is 3.75. The van der Waals surface area contributed by atoms with Gasteiger partial charge in [0.15, 0.2) is 11.5 Å². The molecule has 1 amide bonds. The first-order valence-corrected chi connectivity index (χ1v) is 10.1. The molecule has 5 rings (SSSR count). The quantitative estimate of drug-likeness (QED) is 0.636. The third kappa shape index (κ3) is 3.35. The number of hydrogen-bond acceptors (Lipinski definition) is 4. The van der Waals surface area contributed by atoms with Crippen molar-refractivity contribution in [3.63, 3.8) is 0 Å². The zero-order valence-electron chi connectivity index (χ0n) is 16.4. The summed E-state index contributed by atoms with van der Waals surface area (Å²) in [6.07, 6.45) is 3.94. The molecular formula is C23H23N3O3. The van der Waals surface area contributed by atoms with E-state index in [9.17, 15) is 4.79 Å². The van der Waals surface area contributed by atoms with Crippen LogP contribution in [0.2, 0.25) is 0 Å². The van der Waals surface area contributed by atoms with E-state index < -0.39 is 0 Å². The fraction of sp³-hybridized carbons (Fsp3) is 0.304. The zero-order valence-corrected chi connectivity index (χ0v) is 16.4. The molecule has 0 N–H and O–H groups in total. The largest absolute Gasteiger partial charge is 0.454 e. The highest BCUT2D eigenvalue weighted by Gasteiger charge is 2.34. The molecule has 3 aromatic rings. The SMILES string of the molecule is CCN(Cc1ccc2c(c1)OCO2)C(=O)c1cnn(-c2ccccc2)c1C1CC1. The van der Waals surface area contributed by atoms with Crippen molar-refractivity contribution in [3.8, 4) is 17.2 Å². The molecule has 0 bridgehead atoms. The van der Waals surface area contributed by atoms with Gasteiger partial charge in [0.25, 0.3) is 5.91 Å². The molecule has 0 atom stereocenters. The number of hydrogen-bond donors (Lipinski definition) is 0. The molecule has 1 aromatic heterocycles. The zero-order chi connectivity index (χ0) is 19.8. The van der Waals surface area contributed by atoms with Gasteiger partial charge in [-0.3, -0.25) is 4.79 Å². The molecule has 0 spiro atoms. The van der Waals surface area contributed by atoms with Crippen molar-refractivity contribution in [1.82, 2.24) is 14.7 Å². The fourth-order valence-corrected chi connectivity index (χ4v) is 3.80. The van der Waals surface area contributed by atoms with E-state index in [1.54, 1.807) is 6.20 Å². The Hall–Kier alpha value is -3.28. The van der Waals surface area contributed by atoms with Crippen molar-refractivity contribution in [2.75, 3.05) is 13.3 Å². The predicted molar refractivity (Wildman–Crippen MR) is 109 cm³/mol. The maximum atomic E-state index is 13.4. The Morgan fingerprint density at radius 1 is 1.14 bits per heavy atom. The lowest BCUT2D eigenvalue weighted by Crippen LogP contribution is -2.30. The van der Waals surface area contributed by atoms with Gasteiger partial charge in [0, 0.05) is 19.0 Å². The summed E-state index contributed by atoms with van der Waals surface area (Å²) in [4.78, 5) is 15.3. The molecule has 148 valence electrons. The average molecular weight is 389 g/mol. The van der Waals surface area contributed by atoms with Crippen molar-refractivity contribution < 1.29 is 14.3 Å². The lowest BCUT2D eigenvalue weighted by Gasteiger charge is -2.21. The van der Waals surface area contributed by atoms with Gasteiger partial charge in [0.05, 0.1) is 23.1 Å². The van der Waals surface area contributed by atoms with E-state index >= 15 is 0 Å². The summed E-state index contributed by atoms with van der Waals surface area (Å²) in [7, 11) is 0. The number of amides is 1. The Bertz CT molecular complexity index is 1040. The van der Waals surface area contributed by atoms with Crippen LogP contribution in [0.3, 0.4) is 0 Å². The van der Waals surface area contributed by atoms with E-state index in [0.717, 1.165) is 41.3 Å². The molecular weight excluding hydrogens is 366 g/mol. The van der Waals surface area contributed by atoms with Gasteiger partial charge in [0.1, 0.15) is 0 Å². The summed E-state index contributed by atoms with van der Waals surface area (Å²) in [6, 6.07) is 15.9. The van der Waals surface area contributed by atoms with Gasteiger partial charge in [-0.2, -0.15) is 5.10 Å². The van der Waals surface area contributed by atoms with E-state index in [-0.39, 0.29) is 12.7 Å². The molecule has 29 heavy (non-hydrogen) atoms. The van der Waals surface area contributed by atoms with Gasteiger partial charge in [0.2, 0.25) is 6.79 Å². The van der Waals surface area contributed by atoms with Crippen LogP contribution in [0, 0.1) is 0 Å². The summed E-state index contributed by atoms with van der Waals surface area (Å²) < 4.78 is 12.8. The van der Waals surface area contributed by atoms with Gasteiger partial charge in [-0.15, -0.1) is 0 Å². The van der Waals surface area contributed by atoms with Crippen molar-refractivity contribution in [2.45, 2.75) is 32.2 Å². The van der Waals surface area contributed by atoms with Gasteiger partial charge in [-0.1, -0.05) is 24.3 Å². The number of aromatic nitrogens is 2. The third-order valence-electron chi connectivity index (χ3n) is 5.48. The first-order valence-electron chi connectivity index (χ1n) is 10.1. The van der Waals surface area contributed by atoms with Crippen LogP contribution >= 0.6 is 0 Å². The fourth-order valence-electron chi connectivity index (χ4n) is 3.80. The standard InChI is InChI=1S/C23H23N3O3/c1-2-25(14-16-8-11-20-21(12-16)29-15-28-20)23(27)19-13-24-26(22(19)17-9-10-17)18-6-4-3-5-7-18/h3-8,11-13,17H,2,9-10,14-15H2,1H3. The Morgan fingerprint density at radius 2 is 1.93 bits per heavy atom. The maximum absolute atomic E-state index is 13.4. The minimum atomic E-state index is 0.0225. The van der Waals surface area contributed by atoms with Gasteiger partial charge >= 0.3 is 0 Å². The third-order valence-corrected chi connectivity index (χ3v) is 5.48. The highest BCUT2D eigenvalue weighted by Crippen LogP contribution is 2.43. The molecule has 2 aromatic carbocycles. The molecule has 2 aliphatic rings. The number of fused-ring (bicyclic) bond motifs is 1. The molecule has 2 heterocycles. The number of benzene rings is 2. The minimum Gasteiger partial charge on any atom is -0.454 e. The summed E-state index contributed by atoms with van der Waals surface area (Å²) in [5, 5.41) is 4.57. The lowest BCUT2D eigenvalue weighted by atomic mass is 10.1. The van der Waals surface area contributed by atoms with Crippen LogP contribution in [0.1, 0.15) is 47.3 Å². The van der Waals surface area contributed by atoms with Crippen molar-refractivity contribution in [3.05, 3.63) is 71.5 Å². The first-order chi connectivity index (χ1) is 14.2. The van der Waals surface area contributed by atoms with E-state index in [2.05, 4.69) is 5.10 Å². The smallest absolute Gasteiger partial charge is 0.257 e. The Balaban J connectivity index is 1.44. The number of nitrogens with zero attached hydrogens (tertiary/aromatic N) is 3. The number of carbonyl (C=O) groups is 1. The molecule has 1 aliphatic carbocycles. The lowest BCUT2D eigenvalue weighted by molar-refractivity contribution is 0.0751. The summed E-state index contributed by atoms with van der Waals surface area (Å²) in [6.45, 7) is 3.39. The molecule has 0 radical (unpaired) electrons. The monoisotopic (exact) mass is 389 g/mol. The number of para-hydroxylation sites is 1. The summed E-state index contributed by atoms with van der Waals surface area (Å²) >= 11 is 0. The van der Waals surface area contributed by atoms with Crippen LogP contribution in [0.25, 0.3) is 5.69 Å². The van der Waals surface area contributed by atoms with Gasteiger partial charge in [-0.05, 0) is 49.6 Å². The van der Waals surface area contributed by atoms with Gasteiger partial charge in [-0.25, -0.2) is 4.68 Å². The van der Waals surface area contributed by atoms with Crippen LogP contribution in [0.4, 0.5) is 0 Å². The molecule has 1 saturated carbocycles. The van der Waals surface area contributed by atoms with Crippen molar-refractivity contribution in [2.24, 2.45) is 0 Å². The minimum absolute atomic E-state index is 0.0225. The molecule has 1 aliphatic heterocycles. The predicted octanol–water partition coefficient (Wildman–Crippen LogP) is 4.14. The molecule has 1 fully saturated rings. The summed E-state index contributed by atoms with van der Waals surface area (Å²) in [5.74, 6) is 1.92. The molecule has 0 saturated heterocycles. The number of carbonyl (C=O) groups excluding carboxylic acids is 1.